The third-order valence-electron chi connectivity index (χ3n) is 5.36. The van der Waals surface area contributed by atoms with Gasteiger partial charge in [-0.15, -0.1) is 0 Å². The first-order chi connectivity index (χ1) is 7.26. The zero-order valence-electron chi connectivity index (χ0n) is 10.2. The van der Waals surface area contributed by atoms with Crippen molar-refractivity contribution >= 4 is 0 Å². The Hall–Kier alpha value is -0.0400. The van der Waals surface area contributed by atoms with Crippen LogP contribution in [0.4, 0.5) is 0 Å². The monoisotopic (exact) mass is 207 g/mol. The van der Waals surface area contributed by atoms with E-state index in [1.807, 2.05) is 0 Å². The molecule has 0 radical (unpaired) electrons. The van der Waals surface area contributed by atoms with Crippen molar-refractivity contribution in [2.45, 2.75) is 64.5 Å². The predicted molar refractivity (Wildman–Crippen MR) is 63.7 cm³/mol. The van der Waals surface area contributed by atoms with Crippen molar-refractivity contribution in [1.82, 2.24) is 5.32 Å². The SMILES string of the molecule is CCC(C)NC1CC2CC3CC(C2)C1C3. The third-order valence-corrected chi connectivity index (χ3v) is 5.36. The van der Waals surface area contributed by atoms with Gasteiger partial charge < -0.3 is 5.32 Å². The molecule has 1 nitrogen and oxygen atoms in total. The molecule has 0 heterocycles. The number of hydrogen-bond acceptors (Lipinski definition) is 1. The second-order valence-electron chi connectivity index (χ2n) is 6.42. The topological polar surface area (TPSA) is 12.0 Å². The van der Waals surface area contributed by atoms with Crippen LogP contribution in [0.3, 0.4) is 0 Å². The van der Waals surface area contributed by atoms with Gasteiger partial charge in [-0.2, -0.15) is 0 Å². The first kappa shape index (κ1) is 10.1. The van der Waals surface area contributed by atoms with E-state index in [2.05, 4.69) is 19.2 Å². The quantitative estimate of drug-likeness (QED) is 0.749. The number of nitrogens with one attached hydrogen (secondary N) is 1. The van der Waals surface area contributed by atoms with Crippen LogP contribution >= 0.6 is 0 Å². The summed E-state index contributed by atoms with van der Waals surface area (Å²) in [5, 5.41) is 3.90. The van der Waals surface area contributed by atoms with E-state index in [-0.39, 0.29) is 0 Å². The molecule has 15 heavy (non-hydrogen) atoms. The van der Waals surface area contributed by atoms with Crippen molar-refractivity contribution in [2.24, 2.45) is 23.7 Å². The Morgan fingerprint density at radius 3 is 2.53 bits per heavy atom. The van der Waals surface area contributed by atoms with Gasteiger partial charge in [0, 0.05) is 12.1 Å². The van der Waals surface area contributed by atoms with E-state index < -0.39 is 0 Å². The molecule has 3 aliphatic rings. The molecule has 3 saturated carbocycles. The van der Waals surface area contributed by atoms with Gasteiger partial charge in [-0.05, 0) is 69.1 Å². The molecule has 1 heteroatoms. The van der Waals surface area contributed by atoms with Gasteiger partial charge in [0.15, 0.2) is 0 Å². The number of fused-ring (bicyclic) bond motifs is 2. The molecule has 0 saturated heterocycles. The summed E-state index contributed by atoms with van der Waals surface area (Å²) < 4.78 is 0. The molecule has 86 valence electrons. The summed E-state index contributed by atoms with van der Waals surface area (Å²) in [6.45, 7) is 4.65. The zero-order chi connectivity index (χ0) is 10.4. The highest BCUT2D eigenvalue weighted by Crippen LogP contribution is 2.55. The molecule has 0 amide bonds. The Morgan fingerprint density at radius 1 is 1.07 bits per heavy atom. The van der Waals surface area contributed by atoms with E-state index in [0.29, 0.717) is 0 Å². The lowest BCUT2D eigenvalue weighted by Crippen LogP contribution is -2.46. The Balaban J connectivity index is 1.70. The van der Waals surface area contributed by atoms with Crippen LogP contribution in [0.1, 0.15) is 52.4 Å². The number of rotatable bonds is 3. The lowest BCUT2D eigenvalue weighted by Gasteiger charge is -2.41. The first-order valence-electron chi connectivity index (χ1n) is 7.02. The molecule has 0 aromatic carbocycles. The van der Waals surface area contributed by atoms with Gasteiger partial charge in [0.25, 0.3) is 0 Å². The van der Waals surface area contributed by atoms with E-state index in [4.69, 9.17) is 0 Å². The summed E-state index contributed by atoms with van der Waals surface area (Å²) in [7, 11) is 0. The molecule has 6 atom stereocenters. The van der Waals surface area contributed by atoms with Crippen LogP contribution in [0.5, 0.6) is 0 Å². The van der Waals surface area contributed by atoms with Gasteiger partial charge in [0.2, 0.25) is 0 Å². The minimum Gasteiger partial charge on any atom is -0.311 e. The highest BCUT2D eigenvalue weighted by molar-refractivity contribution is 5.01. The summed E-state index contributed by atoms with van der Waals surface area (Å²) >= 11 is 0. The molecule has 0 spiro atoms. The van der Waals surface area contributed by atoms with Crippen molar-refractivity contribution in [2.75, 3.05) is 0 Å². The van der Waals surface area contributed by atoms with Crippen molar-refractivity contribution in [1.29, 1.82) is 0 Å². The summed E-state index contributed by atoms with van der Waals surface area (Å²) in [5.41, 5.74) is 0. The van der Waals surface area contributed by atoms with Crippen LogP contribution in [0.2, 0.25) is 0 Å². The molecular formula is C14H25N. The fraction of sp³-hybridized carbons (Fsp3) is 1.00. The smallest absolute Gasteiger partial charge is 0.0103 e. The van der Waals surface area contributed by atoms with Gasteiger partial charge in [0.1, 0.15) is 0 Å². The lowest BCUT2D eigenvalue weighted by atomic mass is 9.70. The standard InChI is InChI=1S/C14H25N/c1-3-9(2)15-14-8-11-4-10-5-12(6-11)13(14)7-10/h9-15H,3-8H2,1-2H3. The highest BCUT2D eigenvalue weighted by Gasteiger charge is 2.48. The van der Waals surface area contributed by atoms with Crippen LogP contribution in [-0.4, -0.2) is 12.1 Å². The molecule has 0 aliphatic heterocycles. The van der Waals surface area contributed by atoms with Crippen molar-refractivity contribution in [3.8, 4) is 0 Å². The molecule has 3 rings (SSSR count). The predicted octanol–water partition coefficient (Wildman–Crippen LogP) is 3.20. The maximum atomic E-state index is 3.90. The summed E-state index contributed by atoms with van der Waals surface area (Å²) in [6.07, 6.45) is 9.02. The molecule has 6 unspecified atom stereocenters. The van der Waals surface area contributed by atoms with Gasteiger partial charge in [-0.1, -0.05) is 6.92 Å². The first-order valence-corrected chi connectivity index (χ1v) is 7.02. The van der Waals surface area contributed by atoms with Gasteiger partial charge in [-0.25, -0.2) is 0 Å². The van der Waals surface area contributed by atoms with Crippen molar-refractivity contribution in [3.63, 3.8) is 0 Å². The Labute approximate surface area is 94.0 Å². The average Bonchev–Trinajstić information content (AvgIpc) is 2.45. The molecular weight excluding hydrogens is 182 g/mol. The molecule has 0 aromatic rings. The van der Waals surface area contributed by atoms with Crippen LogP contribution < -0.4 is 5.32 Å². The normalized spacial score (nSPS) is 49.6. The fourth-order valence-corrected chi connectivity index (χ4v) is 4.63. The average molecular weight is 207 g/mol. The van der Waals surface area contributed by atoms with E-state index >= 15 is 0 Å². The maximum absolute atomic E-state index is 3.90. The second kappa shape index (κ2) is 3.76. The van der Waals surface area contributed by atoms with Crippen molar-refractivity contribution < 1.29 is 0 Å². The van der Waals surface area contributed by atoms with Crippen LogP contribution in [-0.2, 0) is 0 Å². The molecule has 0 aromatic heterocycles. The summed E-state index contributed by atoms with van der Waals surface area (Å²) in [6, 6.07) is 1.60. The minimum absolute atomic E-state index is 0.728. The van der Waals surface area contributed by atoms with E-state index in [1.165, 1.54) is 12.8 Å². The van der Waals surface area contributed by atoms with Crippen LogP contribution in [0.25, 0.3) is 0 Å². The molecule has 3 aliphatic carbocycles. The van der Waals surface area contributed by atoms with Gasteiger partial charge >= 0.3 is 0 Å². The summed E-state index contributed by atoms with van der Waals surface area (Å²) in [5.74, 6) is 4.34. The highest BCUT2D eigenvalue weighted by atomic mass is 15.0. The zero-order valence-corrected chi connectivity index (χ0v) is 10.2. The van der Waals surface area contributed by atoms with E-state index in [1.54, 1.807) is 25.7 Å². The summed E-state index contributed by atoms with van der Waals surface area (Å²) in [4.78, 5) is 0. The lowest BCUT2D eigenvalue weighted by molar-refractivity contribution is 0.131. The fourth-order valence-electron chi connectivity index (χ4n) is 4.63. The van der Waals surface area contributed by atoms with Gasteiger partial charge in [0.05, 0.1) is 0 Å². The second-order valence-corrected chi connectivity index (χ2v) is 6.42. The Morgan fingerprint density at radius 2 is 1.80 bits per heavy atom. The Kier molecular flexibility index (Phi) is 2.54. The van der Waals surface area contributed by atoms with E-state index in [0.717, 1.165) is 35.8 Å². The van der Waals surface area contributed by atoms with Crippen LogP contribution in [0, 0.1) is 23.7 Å². The maximum Gasteiger partial charge on any atom is 0.0103 e. The molecule has 3 fully saturated rings. The molecule has 1 N–H and O–H groups in total. The van der Waals surface area contributed by atoms with Gasteiger partial charge in [-0.3, -0.25) is 0 Å². The molecule has 3 bridgehead atoms. The number of hydrogen-bond donors (Lipinski definition) is 1. The Bertz CT molecular complexity index is 235. The van der Waals surface area contributed by atoms with Crippen LogP contribution in [0.15, 0.2) is 0 Å². The van der Waals surface area contributed by atoms with E-state index in [9.17, 15) is 0 Å². The van der Waals surface area contributed by atoms with Crippen molar-refractivity contribution in [3.05, 3.63) is 0 Å². The minimum atomic E-state index is 0.728. The largest absolute Gasteiger partial charge is 0.311 e. The third kappa shape index (κ3) is 1.73.